The molecule has 2 atom stereocenters. The van der Waals surface area contributed by atoms with Crippen molar-refractivity contribution in [2.45, 2.75) is 52.1 Å². The number of nitrogens with two attached hydrogens (primary N) is 2. The Morgan fingerprint density at radius 1 is 1.25 bits per heavy atom. The van der Waals surface area contributed by atoms with E-state index in [0.717, 1.165) is 0 Å². The van der Waals surface area contributed by atoms with Crippen molar-refractivity contribution in [1.82, 2.24) is 5.32 Å². The highest BCUT2D eigenvalue weighted by atomic mass is 16.2. The molecule has 0 aliphatic heterocycles. The minimum Gasteiger partial charge on any atom is -0.368 e. The Hall–Kier alpha value is -1.10. The molecule has 2 unspecified atom stereocenters. The topological polar surface area (TPSA) is 98.2 Å². The summed E-state index contributed by atoms with van der Waals surface area (Å²) in [6.07, 6.45) is 0.965. The third-order valence-corrected chi connectivity index (χ3v) is 3.24. The van der Waals surface area contributed by atoms with E-state index in [1.165, 1.54) is 0 Å². The summed E-state index contributed by atoms with van der Waals surface area (Å²) in [6.45, 7) is 7.14. The Balaban J connectivity index is 4.77. The lowest BCUT2D eigenvalue weighted by molar-refractivity contribution is -0.134. The molecule has 5 heteroatoms. The van der Waals surface area contributed by atoms with Crippen molar-refractivity contribution in [2.24, 2.45) is 17.4 Å². The van der Waals surface area contributed by atoms with Crippen molar-refractivity contribution in [3.05, 3.63) is 0 Å². The monoisotopic (exact) mass is 229 g/mol. The molecule has 0 aromatic rings. The van der Waals surface area contributed by atoms with Crippen LogP contribution in [-0.2, 0) is 9.59 Å². The molecular weight excluding hydrogens is 206 g/mol. The molecule has 0 saturated heterocycles. The number of amides is 2. The fourth-order valence-electron chi connectivity index (χ4n) is 1.43. The van der Waals surface area contributed by atoms with E-state index in [1.807, 2.05) is 13.8 Å². The minimum atomic E-state index is -0.944. The lowest BCUT2D eigenvalue weighted by atomic mass is 9.90. The van der Waals surface area contributed by atoms with Crippen LogP contribution in [0.2, 0.25) is 0 Å². The van der Waals surface area contributed by atoms with Crippen molar-refractivity contribution >= 4 is 11.8 Å². The number of primary amides is 1. The summed E-state index contributed by atoms with van der Waals surface area (Å²) in [4.78, 5) is 23.2. The number of hydrogen-bond acceptors (Lipinski definition) is 3. The highest BCUT2D eigenvalue weighted by molar-refractivity contribution is 5.91. The summed E-state index contributed by atoms with van der Waals surface area (Å²) in [5.74, 6) is -1.06. The highest BCUT2D eigenvalue weighted by Gasteiger charge is 2.35. The second kappa shape index (κ2) is 5.84. The Bertz CT molecular complexity index is 260. The van der Waals surface area contributed by atoms with Crippen LogP contribution < -0.4 is 16.8 Å². The first kappa shape index (κ1) is 14.9. The Kier molecular flexibility index (Phi) is 5.44. The zero-order chi connectivity index (χ0) is 12.9. The molecular formula is C11H23N3O2. The average Bonchev–Trinajstić information content (AvgIpc) is 2.23. The molecule has 0 heterocycles. The molecule has 0 spiro atoms. The van der Waals surface area contributed by atoms with Gasteiger partial charge in [0.05, 0.1) is 0 Å². The van der Waals surface area contributed by atoms with Crippen molar-refractivity contribution in [3.8, 4) is 0 Å². The molecule has 0 aliphatic rings. The van der Waals surface area contributed by atoms with E-state index in [-0.39, 0.29) is 17.9 Å². The summed E-state index contributed by atoms with van der Waals surface area (Å²) in [5, 5.41) is 2.72. The zero-order valence-electron chi connectivity index (χ0n) is 10.5. The molecule has 0 rings (SSSR count). The first-order valence-corrected chi connectivity index (χ1v) is 5.68. The van der Waals surface area contributed by atoms with E-state index in [1.54, 1.807) is 13.8 Å². The van der Waals surface area contributed by atoms with Crippen molar-refractivity contribution < 1.29 is 9.59 Å². The van der Waals surface area contributed by atoms with Crippen LogP contribution in [0.4, 0.5) is 0 Å². The number of carbonyl (C=O) groups is 2. The molecule has 16 heavy (non-hydrogen) atoms. The molecule has 0 fully saturated rings. The maximum atomic E-state index is 11.8. The van der Waals surface area contributed by atoms with Gasteiger partial charge in [0.15, 0.2) is 0 Å². The van der Waals surface area contributed by atoms with Gasteiger partial charge >= 0.3 is 0 Å². The predicted octanol–water partition coefficient (Wildman–Crippen LogP) is 0.130. The van der Waals surface area contributed by atoms with Gasteiger partial charge in [0, 0.05) is 12.0 Å². The van der Waals surface area contributed by atoms with Crippen molar-refractivity contribution in [2.75, 3.05) is 0 Å². The van der Waals surface area contributed by atoms with Crippen LogP contribution in [-0.4, -0.2) is 23.4 Å². The first-order chi connectivity index (χ1) is 7.30. The number of nitrogens with one attached hydrogen (secondary N) is 1. The fraction of sp³-hybridized carbons (Fsp3) is 0.818. The molecule has 0 radical (unpaired) electrons. The van der Waals surface area contributed by atoms with Crippen LogP contribution in [0, 0.1) is 5.92 Å². The molecule has 0 saturated carbocycles. The molecule has 0 aromatic heterocycles. The lowest BCUT2D eigenvalue weighted by Crippen LogP contribution is -2.58. The lowest BCUT2D eigenvalue weighted by Gasteiger charge is -2.31. The Labute approximate surface area is 96.9 Å². The van der Waals surface area contributed by atoms with Gasteiger partial charge in [-0.25, -0.2) is 0 Å². The molecule has 0 aliphatic carbocycles. The van der Waals surface area contributed by atoms with Gasteiger partial charge in [-0.1, -0.05) is 20.8 Å². The van der Waals surface area contributed by atoms with Crippen LogP contribution in [0.25, 0.3) is 0 Å². The van der Waals surface area contributed by atoms with Gasteiger partial charge in [0.1, 0.15) is 5.54 Å². The van der Waals surface area contributed by atoms with Gasteiger partial charge in [0.25, 0.3) is 0 Å². The SMILES string of the molecule is CCC(CC)(NC(=O)C(C)C(C)N)C(N)=O. The maximum Gasteiger partial charge on any atom is 0.243 e. The molecule has 5 N–H and O–H groups in total. The normalized spacial score (nSPS) is 15.3. The quantitative estimate of drug-likeness (QED) is 0.603. The first-order valence-electron chi connectivity index (χ1n) is 5.68. The number of rotatable bonds is 6. The van der Waals surface area contributed by atoms with Crippen LogP contribution >= 0.6 is 0 Å². The summed E-state index contributed by atoms with van der Waals surface area (Å²) in [7, 11) is 0. The second-order valence-electron chi connectivity index (χ2n) is 4.29. The smallest absolute Gasteiger partial charge is 0.243 e. The van der Waals surface area contributed by atoms with Crippen LogP contribution in [0.15, 0.2) is 0 Å². The van der Waals surface area contributed by atoms with Gasteiger partial charge < -0.3 is 16.8 Å². The highest BCUT2D eigenvalue weighted by Crippen LogP contribution is 2.16. The van der Waals surface area contributed by atoms with Gasteiger partial charge in [-0.05, 0) is 19.8 Å². The Morgan fingerprint density at radius 2 is 1.69 bits per heavy atom. The zero-order valence-corrected chi connectivity index (χ0v) is 10.5. The number of hydrogen-bond donors (Lipinski definition) is 3. The third-order valence-electron chi connectivity index (χ3n) is 3.24. The largest absolute Gasteiger partial charge is 0.368 e. The standard InChI is InChI=1S/C11H23N3O2/c1-5-11(6-2,10(13)16)14-9(15)7(3)8(4)12/h7-8H,5-6,12H2,1-4H3,(H2,13,16)(H,14,15). The van der Waals surface area contributed by atoms with Crippen LogP contribution in [0.1, 0.15) is 40.5 Å². The molecule has 94 valence electrons. The molecule has 5 nitrogen and oxygen atoms in total. The number of carbonyl (C=O) groups excluding carboxylic acids is 2. The molecule has 0 aromatic carbocycles. The van der Waals surface area contributed by atoms with E-state index in [2.05, 4.69) is 5.32 Å². The van der Waals surface area contributed by atoms with Gasteiger partial charge in [-0.15, -0.1) is 0 Å². The van der Waals surface area contributed by atoms with E-state index in [9.17, 15) is 9.59 Å². The minimum absolute atomic E-state index is 0.225. The maximum absolute atomic E-state index is 11.8. The van der Waals surface area contributed by atoms with E-state index >= 15 is 0 Å². The molecule has 0 bridgehead atoms. The third kappa shape index (κ3) is 3.20. The Morgan fingerprint density at radius 3 is 1.94 bits per heavy atom. The van der Waals surface area contributed by atoms with Crippen LogP contribution in [0.3, 0.4) is 0 Å². The van der Waals surface area contributed by atoms with Crippen molar-refractivity contribution in [3.63, 3.8) is 0 Å². The summed E-state index contributed by atoms with van der Waals surface area (Å²) >= 11 is 0. The second-order valence-corrected chi connectivity index (χ2v) is 4.29. The summed E-state index contributed by atoms with van der Waals surface area (Å²) in [5.41, 5.74) is 10.0. The van der Waals surface area contributed by atoms with E-state index in [4.69, 9.17) is 11.5 Å². The predicted molar refractivity (Wildman–Crippen MR) is 63.5 cm³/mol. The molecule has 2 amide bonds. The van der Waals surface area contributed by atoms with Gasteiger partial charge in [0.2, 0.25) is 11.8 Å². The van der Waals surface area contributed by atoms with Gasteiger partial charge in [-0.2, -0.15) is 0 Å². The summed E-state index contributed by atoms with van der Waals surface area (Å²) in [6, 6.07) is -0.251. The van der Waals surface area contributed by atoms with E-state index in [0.29, 0.717) is 12.8 Å². The van der Waals surface area contributed by atoms with Gasteiger partial charge in [-0.3, -0.25) is 9.59 Å². The fourth-order valence-corrected chi connectivity index (χ4v) is 1.43. The van der Waals surface area contributed by atoms with Crippen molar-refractivity contribution in [1.29, 1.82) is 0 Å². The summed E-state index contributed by atoms with van der Waals surface area (Å²) < 4.78 is 0. The van der Waals surface area contributed by atoms with Crippen LogP contribution in [0.5, 0.6) is 0 Å². The van der Waals surface area contributed by atoms with E-state index < -0.39 is 11.4 Å². The average molecular weight is 229 g/mol.